The fourth-order valence-corrected chi connectivity index (χ4v) is 3.51. The van der Waals surface area contributed by atoms with Crippen LogP contribution in [0.4, 0.5) is 0 Å². The van der Waals surface area contributed by atoms with Crippen molar-refractivity contribution in [2.75, 3.05) is 18.6 Å². The summed E-state index contributed by atoms with van der Waals surface area (Å²) in [5.41, 5.74) is 2.45. The third-order valence-electron chi connectivity index (χ3n) is 3.34. The Balaban J connectivity index is 2.68. The number of halogens is 1. The number of aryl methyl sites for hydroxylation is 1. The number of benzene rings is 1. The van der Waals surface area contributed by atoms with Crippen LogP contribution in [0.5, 0.6) is 0 Å². The van der Waals surface area contributed by atoms with Crippen LogP contribution >= 0.6 is 15.9 Å². The van der Waals surface area contributed by atoms with E-state index < -0.39 is 9.84 Å². The van der Waals surface area contributed by atoms with E-state index in [1.165, 1.54) is 11.1 Å². The molecule has 3 nitrogen and oxygen atoms in total. The quantitative estimate of drug-likeness (QED) is 0.823. The lowest BCUT2D eigenvalue weighted by molar-refractivity contribution is 0.533. The Bertz CT molecular complexity index is 514. The topological polar surface area (TPSA) is 46.2 Å². The summed E-state index contributed by atoms with van der Waals surface area (Å²) in [7, 11) is -0.941. The Kier molecular flexibility index (Phi) is 6.50. The van der Waals surface area contributed by atoms with Gasteiger partial charge in [-0.15, -0.1) is 0 Å². The first-order valence-corrected chi connectivity index (χ1v) is 9.14. The van der Waals surface area contributed by atoms with Gasteiger partial charge in [-0.25, -0.2) is 8.42 Å². The molecule has 1 aromatic rings. The molecular formula is C14H22BrNO2S. The largest absolute Gasteiger partial charge is 0.313 e. The zero-order valence-electron chi connectivity index (χ0n) is 11.7. The molecule has 0 bridgehead atoms. The molecule has 0 aliphatic heterocycles. The molecule has 108 valence electrons. The minimum atomic E-state index is -2.86. The van der Waals surface area contributed by atoms with Crippen molar-refractivity contribution in [1.29, 1.82) is 0 Å². The lowest BCUT2D eigenvalue weighted by Gasteiger charge is -2.19. The Hall–Kier alpha value is -0.390. The minimum Gasteiger partial charge on any atom is -0.313 e. The first kappa shape index (κ1) is 16.7. The second kappa shape index (κ2) is 7.41. The Morgan fingerprint density at radius 1 is 1.37 bits per heavy atom. The Morgan fingerprint density at radius 3 is 2.58 bits per heavy atom. The smallest absolute Gasteiger partial charge is 0.150 e. The van der Waals surface area contributed by atoms with Gasteiger partial charge in [0.1, 0.15) is 9.84 Å². The van der Waals surface area contributed by atoms with Crippen LogP contribution in [0.2, 0.25) is 0 Å². The third kappa shape index (κ3) is 5.24. The van der Waals surface area contributed by atoms with Crippen LogP contribution in [0.25, 0.3) is 0 Å². The van der Waals surface area contributed by atoms with E-state index in [4.69, 9.17) is 0 Å². The summed E-state index contributed by atoms with van der Waals surface area (Å²) in [5, 5.41) is 3.27. The van der Waals surface area contributed by atoms with Gasteiger partial charge in [-0.3, -0.25) is 0 Å². The molecule has 0 radical (unpaired) electrons. The Labute approximate surface area is 124 Å². The Morgan fingerprint density at radius 2 is 2.05 bits per heavy atom. The highest BCUT2D eigenvalue weighted by atomic mass is 79.9. The van der Waals surface area contributed by atoms with Gasteiger partial charge in [0.2, 0.25) is 0 Å². The summed E-state index contributed by atoms with van der Waals surface area (Å²) >= 11 is 3.46. The molecule has 1 rings (SSSR count). The van der Waals surface area contributed by atoms with Crippen molar-refractivity contribution in [1.82, 2.24) is 5.32 Å². The zero-order valence-corrected chi connectivity index (χ0v) is 14.1. The van der Waals surface area contributed by atoms with Crippen LogP contribution in [0.15, 0.2) is 22.7 Å². The van der Waals surface area contributed by atoms with Gasteiger partial charge in [-0.1, -0.05) is 28.9 Å². The predicted octanol–water partition coefficient (Wildman–Crippen LogP) is 3.23. The maximum absolute atomic E-state index is 11.5. The van der Waals surface area contributed by atoms with Gasteiger partial charge in [0.15, 0.2) is 0 Å². The fraction of sp³-hybridized carbons (Fsp3) is 0.571. The average Bonchev–Trinajstić information content (AvgIpc) is 2.36. The van der Waals surface area contributed by atoms with Crippen molar-refractivity contribution in [2.24, 2.45) is 0 Å². The van der Waals surface area contributed by atoms with E-state index in [1.807, 2.05) is 13.1 Å². The standard InChI is InChI=1S/C14H22BrNO2S/c1-4-19(17,18)9-5-6-14(16-3)13-8-7-12(15)10-11(13)2/h7-8,10,14,16H,4-6,9H2,1-3H3. The van der Waals surface area contributed by atoms with Gasteiger partial charge >= 0.3 is 0 Å². The van der Waals surface area contributed by atoms with E-state index >= 15 is 0 Å². The molecule has 0 aliphatic carbocycles. The summed E-state index contributed by atoms with van der Waals surface area (Å²) in [5.74, 6) is 0.506. The SMILES string of the molecule is CCS(=O)(=O)CCCC(NC)c1ccc(Br)cc1C. The highest BCUT2D eigenvalue weighted by Gasteiger charge is 2.14. The average molecular weight is 348 g/mol. The summed E-state index contributed by atoms with van der Waals surface area (Å²) < 4.78 is 24.0. The number of sulfone groups is 1. The molecular weight excluding hydrogens is 326 g/mol. The maximum atomic E-state index is 11.5. The molecule has 0 amide bonds. The highest BCUT2D eigenvalue weighted by molar-refractivity contribution is 9.10. The second-order valence-corrected chi connectivity index (χ2v) is 8.11. The van der Waals surface area contributed by atoms with E-state index in [2.05, 4.69) is 40.3 Å². The molecule has 0 fully saturated rings. The van der Waals surface area contributed by atoms with Crippen molar-refractivity contribution in [3.8, 4) is 0 Å². The normalized spacial score (nSPS) is 13.5. The zero-order chi connectivity index (χ0) is 14.5. The van der Waals surface area contributed by atoms with E-state index in [1.54, 1.807) is 6.92 Å². The molecule has 19 heavy (non-hydrogen) atoms. The van der Waals surface area contributed by atoms with Crippen LogP contribution in [0, 0.1) is 6.92 Å². The number of hydrogen-bond donors (Lipinski definition) is 1. The summed E-state index contributed by atoms with van der Waals surface area (Å²) in [6.45, 7) is 3.77. The summed E-state index contributed by atoms with van der Waals surface area (Å²) in [6, 6.07) is 6.41. The van der Waals surface area contributed by atoms with Crippen molar-refractivity contribution in [2.45, 2.75) is 32.7 Å². The summed E-state index contributed by atoms with van der Waals surface area (Å²) in [6.07, 6.45) is 1.52. The first-order chi connectivity index (χ1) is 8.89. The van der Waals surface area contributed by atoms with Crippen molar-refractivity contribution in [3.63, 3.8) is 0 Å². The monoisotopic (exact) mass is 347 g/mol. The molecule has 5 heteroatoms. The second-order valence-electron chi connectivity index (χ2n) is 4.72. The lowest BCUT2D eigenvalue weighted by Crippen LogP contribution is -2.19. The van der Waals surface area contributed by atoms with Crippen LogP contribution in [-0.4, -0.2) is 27.0 Å². The first-order valence-electron chi connectivity index (χ1n) is 6.53. The lowest BCUT2D eigenvalue weighted by atomic mass is 9.98. The van der Waals surface area contributed by atoms with Crippen molar-refractivity contribution >= 4 is 25.8 Å². The molecule has 1 unspecified atom stereocenters. The molecule has 1 atom stereocenters. The van der Waals surface area contributed by atoms with E-state index in [0.29, 0.717) is 6.42 Å². The summed E-state index contributed by atoms with van der Waals surface area (Å²) in [4.78, 5) is 0. The highest BCUT2D eigenvalue weighted by Crippen LogP contribution is 2.24. The van der Waals surface area contributed by atoms with Gasteiger partial charge in [0, 0.05) is 16.3 Å². The maximum Gasteiger partial charge on any atom is 0.150 e. The van der Waals surface area contributed by atoms with Gasteiger partial charge in [-0.05, 0) is 50.1 Å². The molecule has 1 N–H and O–H groups in total. The molecule has 0 aliphatic rings. The van der Waals surface area contributed by atoms with Gasteiger partial charge in [-0.2, -0.15) is 0 Å². The predicted molar refractivity (Wildman–Crippen MR) is 84.2 cm³/mol. The molecule has 1 aromatic carbocycles. The van der Waals surface area contributed by atoms with Crippen molar-refractivity contribution in [3.05, 3.63) is 33.8 Å². The number of rotatable bonds is 7. The molecule has 0 heterocycles. The minimum absolute atomic E-state index is 0.208. The van der Waals surface area contributed by atoms with Gasteiger partial charge in [0.25, 0.3) is 0 Å². The molecule has 0 saturated carbocycles. The number of nitrogens with one attached hydrogen (secondary N) is 1. The van der Waals surface area contributed by atoms with Gasteiger partial charge < -0.3 is 5.32 Å². The fourth-order valence-electron chi connectivity index (χ4n) is 2.14. The van der Waals surface area contributed by atoms with Gasteiger partial charge in [0.05, 0.1) is 5.75 Å². The molecule has 0 saturated heterocycles. The van der Waals surface area contributed by atoms with Crippen LogP contribution in [-0.2, 0) is 9.84 Å². The van der Waals surface area contributed by atoms with E-state index in [-0.39, 0.29) is 17.5 Å². The number of hydrogen-bond acceptors (Lipinski definition) is 3. The molecule has 0 spiro atoms. The van der Waals surface area contributed by atoms with Crippen LogP contribution in [0.3, 0.4) is 0 Å². The molecule has 0 aromatic heterocycles. The van der Waals surface area contributed by atoms with Crippen molar-refractivity contribution < 1.29 is 8.42 Å². The van der Waals surface area contributed by atoms with Crippen LogP contribution in [0.1, 0.15) is 36.9 Å². The van der Waals surface area contributed by atoms with E-state index in [9.17, 15) is 8.42 Å². The third-order valence-corrected chi connectivity index (χ3v) is 5.63. The van der Waals surface area contributed by atoms with Crippen LogP contribution < -0.4 is 5.32 Å². The van der Waals surface area contributed by atoms with E-state index in [0.717, 1.165) is 10.9 Å².